The zero-order valence-corrected chi connectivity index (χ0v) is 8.71. The van der Waals surface area contributed by atoms with Crippen LogP contribution >= 0.6 is 0 Å². The summed E-state index contributed by atoms with van der Waals surface area (Å²) in [5.41, 5.74) is 0. The third-order valence-electron chi connectivity index (χ3n) is 1.87. The predicted octanol–water partition coefficient (Wildman–Crippen LogP) is 2.19. The molecule has 0 aromatic carbocycles. The maximum absolute atomic E-state index is 7.88. The van der Waals surface area contributed by atoms with Gasteiger partial charge in [-0.3, -0.25) is 0 Å². The Hall–Kier alpha value is -0.0800. The van der Waals surface area contributed by atoms with Crippen molar-refractivity contribution in [3.8, 4) is 0 Å². The monoisotopic (exact) mass is 176 g/mol. The molecule has 0 amide bonds. The lowest BCUT2D eigenvalue weighted by Gasteiger charge is -1.91. The van der Waals surface area contributed by atoms with Crippen LogP contribution in [0.2, 0.25) is 0 Å². The van der Waals surface area contributed by atoms with Gasteiger partial charge >= 0.3 is 0 Å². The van der Waals surface area contributed by atoms with Gasteiger partial charge in [0.1, 0.15) is 0 Å². The lowest BCUT2D eigenvalue weighted by Crippen LogP contribution is -1.78. The van der Waals surface area contributed by atoms with Gasteiger partial charge in [-0.05, 0) is 12.3 Å². The zero-order valence-electron chi connectivity index (χ0n) is 8.71. The zero-order chi connectivity index (χ0) is 9.82. The Morgan fingerprint density at radius 2 is 1.50 bits per heavy atom. The van der Waals surface area contributed by atoms with Gasteiger partial charge < -0.3 is 10.2 Å². The highest BCUT2D eigenvalue weighted by molar-refractivity contribution is 4.60. The molecule has 2 nitrogen and oxygen atoms in total. The van der Waals surface area contributed by atoms with E-state index in [1.807, 2.05) is 6.92 Å². The minimum Gasteiger partial charge on any atom is -0.400 e. The first-order valence-electron chi connectivity index (χ1n) is 4.86. The summed E-state index contributed by atoms with van der Waals surface area (Å²) < 4.78 is 0. The summed E-state index contributed by atoms with van der Waals surface area (Å²) in [6.07, 6.45) is 6.82. The van der Waals surface area contributed by atoms with Crippen molar-refractivity contribution in [3.63, 3.8) is 0 Å². The smallest absolute Gasteiger partial charge is 0.0428 e. The molecule has 0 spiro atoms. The highest BCUT2D eigenvalue weighted by atomic mass is 16.3. The molecular weight excluding hydrogens is 152 g/mol. The van der Waals surface area contributed by atoms with Crippen LogP contribution in [0.3, 0.4) is 0 Å². The van der Waals surface area contributed by atoms with Crippen molar-refractivity contribution in [1.29, 1.82) is 0 Å². The Morgan fingerprint density at radius 1 is 1.17 bits per heavy atom. The number of hydrogen-bond acceptors (Lipinski definition) is 2. The molecule has 2 heteroatoms. The van der Waals surface area contributed by atoms with E-state index in [0.717, 1.165) is 19.4 Å². The first-order chi connectivity index (χ1) is 5.81. The fourth-order valence-electron chi connectivity index (χ4n) is 1.13. The molecular formula is C10H24O2. The summed E-state index contributed by atoms with van der Waals surface area (Å²) in [6, 6.07) is 0. The largest absolute Gasteiger partial charge is 0.400 e. The van der Waals surface area contributed by atoms with E-state index >= 15 is 0 Å². The van der Waals surface area contributed by atoms with E-state index in [-0.39, 0.29) is 0 Å². The summed E-state index contributed by atoms with van der Waals surface area (Å²) >= 11 is 0. The Balaban J connectivity index is 0. The second kappa shape index (κ2) is 13.5. The maximum Gasteiger partial charge on any atom is 0.0428 e. The van der Waals surface area contributed by atoms with Crippen LogP contribution in [0.5, 0.6) is 0 Å². The van der Waals surface area contributed by atoms with Crippen LogP contribution in [-0.4, -0.2) is 23.9 Å². The van der Waals surface area contributed by atoms with E-state index in [9.17, 15) is 0 Å². The van der Waals surface area contributed by atoms with Crippen LogP contribution in [0.1, 0.15) is 46.0 Å². The van der Waals surface area contributed by atoms with Gasteiger partial charge in [-0.2, -0.15) is 0 Å². The molecule has 2 N–H and O–H groups in total. The van der Waals surface area contributed by atoms with Gasteiger partial charge in [-0.1, -0.05) is 39.5 Å². The van der Waals surface area contributed by atoms with Crippen molar-refractivity contribution in [2.45, 2.75) is 46.0 Å². The first kappa shape index (κ1) is 14.4. The lowest BCUT2D eigenvalue weighted by molar-refractivity contribution is 0.295. The topological polar surface area (TPSA) is 40.5 Å². The van der Waals surface area contributed by atoms with Gasteiger partial charge in [0.2, 0.25) is 0 Å². The molecule has 0 aliphatic heterocycles. The summed E-state index contributed by atoms with van der Waals surface area (Å²) in [6.45, 7) is 4.59. The van der Waals surface area contributed by atoms with E-state index in [2.05, 4.69) is 6.92 Å². The summed E-state index contributed by atoms with van der Waals surface area (Å²) in [4.78, 5) is 0. The van der Waals surface area contributed by atoms with E-state index < -0.39 is 0 Å². The van der Waals surface area contributed by atoms with Gasteiger partial charge in [0.25, 0.3) is 0 Å². The Kier molecular flexibility index (Phi) is 16.3. The first-order valence-corrected chi connectivity index (χ1v) is 4.86. The molecule has 0 bridgehead atoms. The molecule has 0 atom stereocenters. The van der Waals surface area contributed by atoms with Crippen LogP contribution in [0.4, 0.5) is 0 Å². The number of aliphatic hydroxyl groups is 2. The second-order valence-electron chi connectivity index (χ2n) is 3.11. The second-order valence-corrected chi connectivity index (χ2v) is 3.11. The van der Waals surface area contributed by atoms with Crippen LogP contribution in [0.25, 0.3) is 0 Å². The van der Waals surface area contributed by atoms with Crippen LogP contribution in [0, 0.1) is 5.92 Å². The van der Waals surface area contributed by atoms with Crippen LogP contribution in [-0.2, 0) is 0 Å². The van der Waals surface area contributed by atoms with Gasteiger partial charge in [0, 0.05) is 13.7 Å². The Labute approximate surface area is 76.6 Å². The van der Waals surface area contributed by atoms with Crippen LogP contribution in [0.15, 0.2) is 0 Å². The fourth-order valence-corrected chi connectivity index (χ4v) is 1.13. The molecule has 0 saturated heterocycles. The molecule has 0 radical (unpaired) electrons. The van der Waals surface area contributed by atoms with Crippen molar-refractivity contribution >= 4 is 0 Å². The molecule has 0 heterocycles. The molecule has 1 aliphatic rings. The third-order valence-corrected chi connectivity index (χ3v) is 1.87. The van der Waals surface area contributed by atoms with E-state index in [1.165, 1.54) is 25.7 Å². The minimum absolute atomic E-state index is 0.319. The Bertz CT molecular complexity index is 56.9. The molecule has 0 unspecified atom stereocenters. The summed E-state index contributed by atoms with van der Waals surface area (Å²) in [7, 11) is 1.00. The van der Waals surface area contributed by atoms with Gasteiger partial charge in [0.15, 0.2) is 0 Å². The van der Waals surface area contributed by atoms with Crippen molar-refractivity contribution in [2.75, 3.05) is 13.7 Å². The molecule has 76 valence electrons. The summed E-state index contributed by atoms with van der Waals surface area (Å²) in [5, 5.41) is 14.9. The SMILES string of the molecule is CC1CCCC1.CCCO.CO. The lowest BCUT2D eigenvalue weighted by atomic mass is 10.2. The normalized spacial score (nSPS) is 15.8. The van der Waals surface area contributed by atoms with Gasteiger partial charge in [0.05, 0.1) is 0 Å². The van der Waals surface area contributed by atoms with E-state index in [4.69, 9.17) is 10.2 Å². The molecule has 1 rings (SSSR count). The van der Waals surface area contributed by atoms with Gasteiger partial charge in [-0.25, -0.2) is 0 Å². The quantitative estimate of drug-likeness (QED) is 0.643. The highest BCUT2D eigenvalue weighted by Gasteiger charge is 2.07. The standard InChI is InChI=1S/C6H12.C3H8O.CH4O/c1-6-4-2-3-5-6;1-2-3-4;1-2/h6H,2-5H2,1H3;4H,2-3H2,1H3;2H,1H3. The predicted molar refractivity (Wildman–Crippen MR) is 53.2 cm³/mol. The van der Waals surface area contributed by atoms with E-state index in [1.54, 1.807) is 0 Å². The third kappa shape index (κ3) is 12.6. The van der Waals surface area contributed by atoms with Crippen molar-refractivity contribution in [3.05, 3.63) is 0 Å². The van der Waals surface area contributed by atoms with Crippen molar-refractivity contribution < 1.29 is 10.2 Å². The van der Waals surface area contributed by atoms with Crippen molar-refractivity contribution in [2.24, 2.45) is 5.92 Å². The maximum atomic E-state index is 7.88. The molecule has 12 heavy (non-hydrogen) atoms. The Morgan fingerprint density at radius 3 is 1.58 bits per heavy atom. The average Bonchev–Trinajstić information content (AvgIpc) is 2.60. The molecule has 1 aliphatic carbocycles. The molecule has 0 aromatic heterocycles. The molecule has 1 saturated carbocycles. The number of rotatable bonds is 1. The number of hydrogen-bond donors (Lipinski definition) is 2. The van der Waals surface area contributed by atoms with Crippen molar-refractivity contribution in [1.82, 2.24) is 0 Å². The average molecular weight is 176 g/mol. The number of aliphatic hydroxyl groups excluding tert-OH is 2. The fraction of sp³-hybridized carbons (Fsp3) is 1.00. The van der Waals surface area contributed by atoms with E-state index in [0.29, 0.717) is 6.61 Å². The van der Waals surface area contributed by atoms with Gasteiger partial charge in [-0.15, -0.1) is 0 Å². The highest BCUT2D eigenvalue weighted by Crippen LogP contribution is 2.22. The molecule has 1 fully saturated rings. The minimum atomic E-state index is 0.319. The molecule has 0 aromatic rings. The van der Waals surface area contributed by atoms with Crippen LogP contribution < -0.4 is 0 Å². The summed E-state index contributed by atoms with van der Waals surface area (Å²) in [5.74, 6) is 1.05.